The molecule has 0 saturated carbocycles. The second kappa shape index (κ2) is 31.7. The molecular weight excluding hydrogens is 629 g/mol. The summed E-state index contributed by atoms with van der Waals surface area (Å²) < 4.78 is 33.7. The summed E-state index contributed by atoms with van der Waals surface area (Å²) in [6.07, 6.45) is 29.6. The van der Waals surface area contributed by atoms with Gasteiger partial charge in [0.1, 0.15) is 19.8 Å². The molecule has 284 valence electrons. The summed E-state index contributed by atoms with van der Waals surface area (Å²) in [5.74, 6) is -0.860. The summed E-state index contributed by atoms with van der Waals surface area (Å²) in [7, 11) is 1.16. The zero-order chi connectivity index (χ0) is 35.8. The Labute approximate surface area is 295 Å². The molecule has 0 fully saturated rings. The summed E-state index contributed by atoms with van der Waals surface area (Å²) >= 11 is 0. The molecule has 10 heteroatoms. The number of phosphoric acid groups is 1. The van der Waals surface area contributed by atoms with Crippen LogP contribution in [0, 0.1) is 0 Å². The van der Waals surface area contributed by atoms with Crippen LogP contribution in [0.5, 0.6) is 0 Å². The molecule has 48 heavy (non-hydrogen) atoms. The first-order valence-corrected chi connectivity index (χ1v) is 20.9. The van der Waals surface area contributed by atoms with Gasteiger partial charge < -0.3 is 27.9 Å². The number of phosphoric ester groups is 1. The van der Waals surface area contributed by atoms with Gasteiger partial charge in [-0.3, -0.25) is 14.2 Å². The molecule has 0 aliphatic heterocycles. The van der Waals surface area contributed by atoms with E-state index in [9.17, 15) is 19.0 Å². The Bertz CT molecular complexity index is 845. The predicted molar refractivity (Wildman–Crippen MR) is 195 cm³/mol. The maximum Gasteiger partial charge on any atom is 0.306 e. The van der Waals surface area contributed by atoms with E-state index in [1.165, 1.54) is 96.3 Å². The molecule has 1 unspecified atom stereocenters. The molecule has 0 aromatic rings. The highest BCUT2D eigenvalue weighted by molar-refractivity contribution is 7.45. The number of ether oxygens (including phenoxy) is 2. The normalized spacial score (nSPS) is 13.9. The molecule has 0 amide bonds. The Hall–Kier alpha value is -1.25. The van der Waals surface area contributed by atoms with Crippen LogP contribution in [0.1, 0.15) is 168 Å². The fourth-order valence-electron chi connectivity index (χ4n) is 5.18. The van der Waals surface area contributed by atoms with E-state index >= 15 is 0 Å². The molecular formula is C38H74NO8P. The molecule has 0 heterocycles. The number of allylic oxidation sites excluding steroid dienone is 2. The van der Waals surface area contributed by atoms with Crippen molar-refractivity contribution in [1.82, 2.24) is 0 Å². The number of carbonyl (C=O) groups excluding carboxylic acids is 2. The number of hydrogen-bond acceptors (Lipinski definition) is 8. The van der Waals surface area contributed by atoms with Crippen molar-refractivity contribution >= 4 is 19.8 Å². The molecule has 0 spiro atoms. The monoisotopic (exact) mass is 704 g/mol. The Morgan fingerprint density at radius 1 is 0.625 bits per heavy atom. The molecule has 0 aromatic heterocycles. The van der Waals surface area contributed by atoms with E-state index in [-0.39, 0.29) is 26.1 Å². The van der Waals surface area contributed by atoms with Crippen molar-refractivity contribution in [3.05, 3.63) is 12.2 Å². The van der Waals surface area contributed by atoms with Crippen molar-refractivity contribution in [2.45, 2.75) is 174 Å². The molecule has 0 aliphatic rings. The number of likely N-dealkylation sites (N-methyl/N-ethyl adjacent to an activating group) is 1. The van der Waals surface area contributed by atoms with E-state index in [1.807, 2.05) is 21.1 Å². The van der Waals surface area contributed by atoms with Crippen LogP contribution in [0.4, 0.5) is 0 Å². The van der Waals surface area contributed by atoms with E-state index in [4.69, 9.17) is 18.5 Å². The van der Waals surface area contributed by atoms with Gasteiger partial charge in [0.05, 0.1) is 27.7 Å². The summed E-state index contributed by atoms with van der Waals surface area (Å²) in [5, 5.41) is 0. The van der Waals surface area contributed by atoms with Crippen molar-refractivity contribution < 1.29 is 42.1 Å². The summed E-state index contributed by atoms with van der Waals surface area (Å²) in [6.45, 7) is 4.17. The van der Waals surface area contributed by atoms with Gasteiger partial charge in [-0.05, 0) is 38.5 Å². The second-order valence-electron chi connectivity index (χ2n) is 14.3. The third kappa shape index (κ3) is 34.6. The third-order valence-corrected chi connectivity index (χ3v) is 9.25. The average molecular weight is 704 g/mol. The number of unbranched alkanes of at least 4 members (excludes halogenated alkanes) is 19. The second-order valence-corrected chi connectivity index (χ2v) is 15.7. The molecule has 9 nitrogen and oxygen atoms in total. The first-order chi connectivity index (χ1) is 23.0. The molecule has 0 aliphatic carbocycles. The van der Waals surface area contributed by atoms with Crippen LogP contribution in [-0.2, 0) is 32.7 Å². The number of quaternary nitrogens is 1. The van der Waals surface area contributed by atoms with Gasteiger partial charge >= 0.3 is 11.9 Å². The maximum absolute atomic E-state index is 12.6. The fourth-order valence-corrected chi connectivity index (χ4v) is 5.91. The third-order valence-electron chi connectivity index (χ3n) is 8.29. The van der Waals surface area contributed by atoms with Crippen LogP contribution in [-0.4, -0.2) is 70.0 Å². The Morgan fingerprint density at radius 3 is 1.58 bits per heavy atom. The molecule has 0 saturated heterocycles. The van der Waals surface area contributed by atoms with Crippen LogP contribution in [0.3, 0.4) is 0 Å². The highest BCUT2D eigenvalue weighted by Gasteiger charge is 2.21. The van der Waals surface area contributed by atoms with Crippen LogP contribution >= 0.6 is 7.82 Å². The minimum absolute atomic E-state index is 0.0316. The minimum atomic E-state index is -4.61. The van der Waals surface area contributed by atoms with Gasteiger partial charge in [0, 0.05) is 12.8 Å². The number of nitrogens with zero attached hydrogens (tertiary/aromatic N) is 1. The van der Waals surface area contributed by atoms with Gasteiger partial charge in [-0.2, -0.15) is 0 Å². The first kappa shape index (κ1) is 46.8. The first-order valence-electron chi connectivity index (χ1n) is 19.4. The maximum atomic E-state index is 12.6. The number of hydrogen-bond donors (Lipinski definition) is 0. The zero-order valence-electron chi connectivity index (χ0n) is 31.7. The lowest BCUT2D eigenvalue weighted by atomic mass is 10.1. The molecule has 0 N–H and O–H groups in total. The molecule has 2 atom stereocenters. The van der Waals surface area contributed by atoms with E-state index in [1.54, 1.807) is 0 Å². The SMILES string of the molecule is CCCCCCCCCCC/C=C/CCCCC(=O)O[C@H](COC(=O)CCCCCCCCCCC)COP(=O)([O-])OCC[N+](C)(C)C. The highest BCUT2D eigenvalue weighted by atomic mass is 31.2. The number of esters is 2. The van der Waals surface area contributed by atoms with Crippen LogP contribution in [0.25, 0.3) is 0 Å². The fraction of sp³-hybridized carbons (Fsp3) is 0.895. The number of rotatable bonds is 35. The lowest BCUT2D eigenvalue weighted by Crippen LogP contribution is -2.37. The summed E-state index contributed by atoms with van der Waals surface area (Å²) in [6, 6.07) is 0. The van der Waals surface area contributed by atoms with Gasteiger partial charge in [0.15, 0.2) is 6.10 Å². The minimum Gasteiger partial charge on any atom is -0.756 e. The van der Waals surface area contributed by atoms with Gasteiger partial charge in [0.2, 0.25) is 0 Å². The largest absolute Gasteiger partial charge is 0.756 e. The van der Waals surface area contributed by atoms with E-state index in [0.29, 0.717) is 17.4 Å². The molecule has 0 radical (unpaired) electrons. The molecule has 0 rings (SSSR count). The van der Waals surface area contributed by atoms with Crippen molar-refractivity contribution in [1.29, 1.82) is 0 Å². The standard InChI is InChI=1S/C38H74NO8P/c1-6-8-10-12-14-16-17-18-19-20-21-23-25-27-29-31-38(41)47-36(35-46-48(42,43)45-33-32-39(3,4)5)34-44-37(40)30-28-26-24-22-15-13-11-9-7-2/h21,23,36H,6-20,22,24-35H2,1-5H3/b23-21+/t36-/m1/s1. The van der Waals surface area contributed by atoms with Crippen molar-refractivity contribution in [3.8, 4) is 0 Å². The van der Waals surface area contributed by atoms with Crippen LogP contribution < -0.4 is 4.89 Å². The van der Waals surface area contributed by atoms with Gasteiger partial charge in [-0.1, -0.05) is 129 Å². The smallest absolute Gasteiger partial charge is 0.306 e. The van der Waals surface area contributed by atoms with E-state index < -0.39 is 32.5 Å². The summed E-state index contributed by atoms with van der Waals surface area (Å²) in [5.41, 5.74) is 0. The topological polar surface area (TPSA) is 111 Å². The van der Waals surface area contributed by atoms with Crippen molar-refractivity contribution in [3.63, 3.8) is 0 Å². The zero-order valence-corrected chi connectivity index (χ0v) is 32.6. The average Bonchev–Trinajstić information content (AvgIpc) is 3.02. The lowest BCUT2D eigenvalue weighted by molar-refractivity contribution is -0.870. The number of carbonyl (C=O) groups is 2. The van der Waals surface area contributed by atoms with Gasteiger partial charge in [-0.25, -0.2) is 0 Å². The molecule has 0 aromatic carbocycles. The Kier molecular flexibility index (Phi) is 30.9. The van der Waals surface area contributed by atoms with Crippen LogP contribution in [0.2, 0.25) is 0 Å². The molecule has 0 bridgehead atoms. The Morgan fingerprint density at radius 2 is 1.06 bits per heavy atom. The Balaban J connectivity index is 4.43. The van der Waals surface area contributed by atoms with E-state index in [0.717, 1.165) is 38.5 Å². The lowest BCUT2D eigenvalue weighted by Gasteiger charge is -2.28. The quantitative estimate of drug-likeness (QED) is 0.0211. The highest BCUT2D eigenvalue weighted by Crippen LogP contribution is 2.38. The van der Waals surface area contributed by atoms with Crippen molar-refractivity contribution in [2.24, 2.45) is 0 Å². The van der Waals surface area contributed by atoms with Crippen LogP contribution in [0.15, 0.2) is 12.2 Å². The van der Waals surface area contributed by atoms with Gasteiger partial charge in [0.25, 0.3) is 7.82 Å². The van der Waals surface area contributed by atoms with Gasteiger partial charge in [-0.15, -0.1) is 0 Å². The van der Waals surface area contributed by atoms with E-state index in [2.05, 4.69) is 26.0 Å². The summed E-state index contributed by atoms with van der Waals surface area (Å²) in [4.78, 5) is 37.2. The predicted octanol–water partition coefficient (Wildman–Crippen LogP) is 9.61. The van der Waals surface area contributed by atoms with Crippen molar-refractivity contribution in [2.75, 3.05) is 47.5 Å².